The molecule has 0 bridgehead atoms. The second kappa shape index (κ2) is 6.89. The maximum absolute atomic E-state index is 14.4. The van der Waals surface area contributed by atoms with Crippen LogP contribution in [0.25, 0.3) is 11.1 Å². The van der Waals surface area contributed by atoms with E-state index in [1.807, 2.05) is 18.2 Å². The molecule has 0 radical (unpaired) electrons. The van der Waals surface area contributed by atoms with E-state index in [1.165, 1.54) is 25.5 Å². The number of hydrogen-bond acceptors (Lipinski definition) is 3. The summed E-state index contributed by atoms with van der Waals surface area (Å²) in [5.41, 5.74) is 2.78. The molecule has 0 unspecified atom stereocenters. The van der Waals surface area contributed by atoms with Gasteiger partial charge in [0.05, 0.1) is 13.3 Å². The molecule has 1 aliphatic rings. The van der Waals surface area contributed by atoms with Crippen molar-refractivity contribution in [1.82, 2.24) is 9.88 Å². The van der Waals surface area contributed by atoms with Crippen LogP contribution in [0.1, 0.15) is 38.7 Å². The van der Waals surface area contributed by atoms with Gasteiger partial charge in [-0.3, -0.25) is 4.90 Å². The third-order valence-electron chi connectivity index (χ3n) is 5.03. The summed E-state index contributed by atoms with van der Waals surface area (Å²) < 4.78 is 19.5. The lowest BCUT2D eigenvalue weighted by molar-refractivity contribution is 0.0693. The summed E-state index contributed by atoms with van der Waals surface area (Å²) in [6, 6.07) is 9.71. The van der Waals surface area contributed by atoms with Gasteiger partial charge >= 0.3 is 0 Å². The third kappa shape index (κ3) is 3.44. The molecule has 1 aromatic heterocycles. The number of aromatic nitrogens is 1. The van der Waals surface area contributed by atoms with Crippen molar-refractivity contribution < 1.29 is 9.13 Å². The SMILES string of the molecule is COc1cc(-c2ccccc2CN2CCCCC2(C)C)c(F)cn1. The number of methoxy groups -OCH3 is 1. The average Bonchev–Trinajstić information content (AvgIpc) is 2.58. The van der Waals surface area contributed by atoms with Gasteiger partial charge in [-0.2, -0.15) is 0 Å². The number of ether oxygens (including phenoxy) is 1. The van der Waals surface area contributed by atoms with E-state index in [-0.39, 0.29) is 11.4 Å². The molecular weight excluding hydrogens is 303 g/mol. The summed E-state index contributed by atoms with van der Waals surface area (Å²) in [5.74, 6) is 0.112. The fourth-order valence-corrected chi connectivity index (χ4v) is 3.48. The zero-order chi connectivity index (χ0) is 17.2. The van der Waals surface area contributed by atoms with Crippen LogP contribution in [0.5, 0.6) is 5.88 Å². The van der Waals surface area contributed by atoms with Gasteiger partial charge in [-0.05, 0) is 44.4 Å². The second-order valence-electron chi connectivity index (χ2n) is 7.05. The van der Waals surface area contributed by atoms with Crippen LogP contribution in [0.15, 0.2) is 36.5 Å². The van der Waals surface area contributed by atoms with Crippen LogP contribution < -0.4 is 4.74 Å². The second-order valence-corrected chi connectivity index (χ2v) is 7.05. The van der Waals surface area contributed by atoms with Crippen molar-refractivity contribution in [3.63, 3.8) is 0 Å². The number of nitrogens with zero attached hydrogens (tertiary/aromatic N) is 2. The molecular formula is C20H25FN2O. The summed E-state index contributed by atoms with van der Waals surface area (Å²) in [4.78, 5) is 6.45. The standard InChI is InChI=1S/C20H25FN2O/c1-20(2)10-6-7-11-23(20)14-15-8-4-5-9-16(15)17-12-19(24-3)22-13-18(17)21/h4-5,8-9,12-13H,6-7,10-11,14H2,1-3H3. The summed E-state index contributed by atoms with van der Waals surface area (Å²) in [6.45, 7) is 6.51. The Kier molecular flexibility index (Phi) is 4.86. The number of pyridine rings is 1. The molecule has 0 spiro atoms. The molecule has 1 aliphatic heterocycles. The van der Waals surface area contributed by atoms with Gasteiger partial charge in [0.1, 0.15) is 5.82 Å². The Morgan fingerprint density at radius 3 is 2.75 bits per heavy atom. The minimum Gasteiger partial charge on any atom is -0.481 e. The summed E-state index contributed by atoms with van der Waals surface area (Å²) >= 11 is 0. The molecule has 3 rings (SSSR count). The lowest BCUT2D eigenvalue weighted by Crippen LogP contribution is -2.46. The van der Waals surface area contributed by atoms with Gasteiger partial charge in [-0.1, -0.05) is 30.7 Å². The Labute approximate surface area is 143 Å². The quantitative estimate of drug-likeness (QED) is 0.816. The van der Waals surface area contributed by atoms with E-state index in [4.69, 9.17) is 4.74 Å². The van der Waals surface area contributed by atoms with Crippen molar-refractivity contribution in [3.05, 3.63) is 47.9 Å². The topological polar surface area (TPSA) is 25.4 Å². The van der Waals surface area contributed by atoms with Crippen LogP contribution in [0, 0.1) is 5.82 Å². The van der Waals surface area contributed by atoms with E-state index in [0.29, 0.717) is 11.4 Å². The molecule has 1 saturated heterocycles. The highest BCUT2D eigenvalue weighted by Gasteiger charge is 2.30. The van der Waals surface area contributed by atoms with Gasteiger partial charge in [0.2, 0.25) is 5.88 Å². The molecule has 1 fully saturated rings. The predicted octanol–water partition coefficient (Wildman–Crippen LogP) is 4.66. The lowest BCUT2D eigenvalue weighted by Gasteiger charge is -2.42. The molecule has 128 valence electrons. The third-order valence-corrected chi connectivity index (χ3v) is 5.03. The van der Waals surface area contributed by atoms with Crippen molar-refractivity contribution in [3.8, 4) is 17.0 Å². The number of halogens is 1. The molecule has 2 heterocycles. The first-order valence-corrected chi connectivity index (χ1v) is 8.54. The monoisotopic (exact) mass is 328 g/mol. The van der Waals surface area contributed by atoms with Gasteiger partial charge in [0, 0.05) is 23.7 Å². The largest absolute Gasteiger partial charge is 0.481 e. The summed E-state index contributed by atoms with van der Waals surface area (Å²) in [7, 11) is 1.55. The average molecular weight is 328 g/mol. The Balaban J connectivity index is 1.97. The molecule has 3 nitrogen and oxygen atoms in total. The van der Waals surface area contributed by atoms with E-state index in [0.717, 1.165) is 24.2 Å². The van der Waals surface area contributed by atoms with Crippen molar-refractivity contribution in [2.45, 2.75) is 45.2 Å². The Hall–Kier alpha value is -1.94. The minimum atomic E-state index is -0.318. The molecule has 0 N–H and O–H groups in total. The molecule has 0 atom stereocenters. The summed E-state index contributed by atoms with van der Waals surface area (Å²) in [6.07, 6.45) is 4.94. The zero-order valence-corrected chi connectivity index (χ0v) is 14.7. The molecule has 4 heteroatoms. The number of hydrogen-bond donors (Lipinski definition) is 0. The fraction of sp³-hybridized carbons (Fsp3) is 0.450. The van der Waals surface area contributed by atoms with Gasteiger partial charge in [-0.25, -0.2) is 9.37 Å². The molecule has 2 aromatic rings. The van der Waals surface area contributed by atoms with Gasteiger partial charge in [-0.15, -0.1) is 0 Å². The molecule has 0 saturated carbocycles. The van der Waals surface area contributed by atoms with Crippen molar-refractivity contribution in [1.29, 1.82) is 0 Å². The van der Waals surface area contributed by atoms with Crippen molar-refractivity contribution >= 4 is 0 Å². The number of rotatable bonds is 4. The van der Waals surface area contributed by atoms with Crippen molar-refractivity contribution in [2.75, 3.05) is 13.7 Å². The van der Waals surface area contributed by atoms with E-state index in [1.54, 1.807) is 13.2 Å². The van der Waals surface area contributed by atoms with E-state index in [2.05, 4.69) is 29.8 Å². The first-order chi connectivity index (χ1) is 11.5. The maximum atomic E-state index is 14.4. The Morgan fingerprint density at radius 1 is 1.21 bits per heavy atom. The highest BCUT2D eigenvalue weighted by atomic mass is 19.1. The number of piperidine rings is 1. The molecule has 24 heavy (non-hydrogen) atoms. The van der Waals surface area contributed by atoms with Crippen LogP contribution in [0.3, 0.4) is 0 Å². The Bertz CT molecular complexity index is 715. The maximum Gasteiger partial charge on any atom is 0.213 e. The van der Waals surface area contributed by atoms with Crippen LogP contribution in [0.2, 0.25) is 0 Å². The highest BCUT2D eigenvalue weighted by Crippen LogP contribution is 2.33. The minimum absolute atomic E-state index is 0.180. The van der Waals surface area contributed by atoms with Crippen LogP contribution in [-0.2, 0) is 6.54 Å². The smallest absolute Gasteiger partial charge is 0.213 e. The van der Waals surface area contributed by atoms with E-state index >= 15 is 0 Å². The number of likely N-dealkylation sites (tertiary alicyclic amines) is 1. The zero-order valence-electron chi connectivity index (χ0n) is 14.7. The molecule has 0 aliphatic carbocycles. The van der Waals surface area contributed by atoms with E-state index < -0.39 is 0 Å². The van der Waals surface area contributed by atoms with Gasteiger partial charge in [0.15, 0.2) is 0 Å². The van der Waals surface area contributed by atoms with Crippen LogP contribution >= 0.6 is 0 Å². The first kappa shape index (κ1) is 16.9. The Morgan fingerprint density at radius 2 is 2.00 bits per heavy atom. The van der Waals surface area contributed by atoms with E-state index in [9.17, 15) is 4.39 Å². The van der Waals surface area contributed by atoms with Crippen molar-refractivity contribution in [2.24, 2.45) is 0 Å². The highest BCUT2D eigenvalue weighted by molar-refractivity contribution is 5.68. The molecule has 1 aromatic carbocycles. The van der Waals surface area contributed by atoms with Gasteiger partial charge < -0.3 is 4.74 Å². The van der Waals surface area contributed by atoms with Crippen LogP contribution in [0.4, 0.5) is 4.39 Å². The fourth-order valence-electron chi connectivity index (χ4n) is 3.48. The summed E-state index contributed by atoms with van der Waals surface area (Å²) in [5, 5.41) is 0. The normalized spacial score (nSPS) is 17.7. The lowest BCUT2D eigenvalue weighted by atomic mass is 9.89. The number of benzene rings is 1. The molecule has 0 amide bonds. The predicted molar refractivity (Wildman–Crippen MR) is 94.5 cm³/mol. The van der Waals surface area contributed by atoms with Crippen LogP contribution in [-0.4, -0.2) is 29.1 Å². The first-order valence-electron chi connectivity index (χ1n) is 8.54. The van der Waals surface area contributed by atoms with Gasteiger partial charge in [0.25, 0.3) is 0 Å².